The number of aromatic nitrogens is 1. The molecule has 0 radical (unpaired) electrons. The summed E-state index contributed by atoms with van der Waals surface area (Å²) in [6.45, 7) is 5.04. The van der Waals surface area contributed by atoms with Crippen molar-refractivity contribution in [2.24, 2.45) is 0 Å². The van der Waals surface area contributed by atoms with E-state index >= 15 is 0 Å². The minimum atomic E-state index is -3.94. The van der Waals surface area contributed by atoms with Gasteiger partial charge in [-0.3, -0.25) is 14.6 Å². The maximum absolute atomic E-state index is 12.6. The average molecular weight is 373 g/mol. The van der Waals surface area contributed by atoms with Crippen LogP contribution in [0.25, 0.3) is 0 Å². The van der Waals surface area contributed by atoms with Gasteiger partial charge < -0.3 is 5.32 Å². The second-order valence-corrected chi connectivity index (χ2v) is 8.14. The minimum absolute atomic E-state index is 0.0908. The zero-order chi connectivity index (χ0) is 19.1. The molecule has 0 saturated heterocycles. The second kappa shape index (κ2) is 6.53. The average Bonchev–Trinajstić information content (AvgIpc) is 2.81. The van der Waals surface area contributed by atoms with Crippen LogP contribution in [0.1, 0.15) is 53.2 Å². The van der Waals surface area contributed by atoms with Gasteiger partial charge in [0.25, 0.3) is 21.8 Å². The van der Waals surface area contributed by atoms with E-state index in [1.165, 1.54) is 18.2 Å². The van der Waals surface area contributed by atoms with Gasteiger partial charge in [0, 0.05) is 17.8 Å². The Morgan fingerprint density at radius 1 is 1.15 bits per heavy atom. The lowest BCUT2D eigenvalue weighted by Gasteiger charge is -2.18. The van der Waals surface area contributed by atoms with Gasteiger partial charge in [-0.15, -0.1) is 0 Å². The molecule has 7 nitrogen and oxygen atoms in total. The van der Waals surface area contributed by atoms with Crippen molar-refractivity contribution in [2.45, 2.75) is 37.8 Å². The zero-order valence-electron chi connectivity index (χ0n) is 14.6. The monoisotopic (exact) mass is 373 g/mol. The number of carbonyl (C=O) groups excluding carboxylic acids is 2. The predicted octanol–water partition coefficient (Wildman–Crippen LogP) is 2.13. The first-order chi connectivity index (χ1) is 12.2. The third-order valence-electron chi connectivity index (χ3n) is 4.16. The fourth-order valence-corrected chi connectivity index (χ4v) is 4.68. The molecule has 0 spiro atoms. The van der Waals surface area contributed by atoms with Crippen LogP contribution in [0.2, 0.25) is 0 Å². The highest BCUT2D eigenvalue weighted by molar-refractivity contribution is 7.90. The quantitative estimate of drug-likeness (QED) is 0.885. The molecule has 2 heterocycles. The summed E-state index contributed by atoms with van der Waals surface area (Å²) in [6, 6.07) is 8.64. The number of fused-ring (bicyclic) bond motifs is 1. The Balaban J connectivity index is 1.90. The lowest BCUT2D eigenvalue weighted by atomic mass is 10.1. The zero-order valence-corrected chi connectivity index (χ0v) is 15.4. The number of benzene rings is 1. The van der Waals surface area contributed by atoms with Crippen molar-refractivity contribution in [3.8, 4) is 0 Å². The molecule has 0 fully saturated rings. The van der Waals surface area contributed by atoms with Crippen molar-refractivity contribution in [1.29, 1.82) is 0 Å². The molecule has 2 amide bonds. The molecular formula is C18H19N3O4S. The Kier molecular flexibility index (Phi) is 4.53. The fourth-order valence-electron chi connectivity index (χ4n) is 2.89. The van der Waals surface area contributed by atoms with Crippen LogP contribution in [0, 0.1) is 0 Å². The van der Waals surface area contributed by atoms with Crippen LogP contribution in [0.4, 0.5) is 0 Å². The summed E-state index contributed by atoms with van der Waals surface area (Å²) in [4.78, 5) is 28.9. The highest BCUT2D eigenvalue weighted by Crippen LogP contribution is 2.32. The number of rotatable bonds is 4. The molecule has 0 bridgehead atoms. The van der Waals surface area contributed by atoms with Gasteiger partial charge in [-0.2, -0.15) is 0 Å². The van der Waals surface area contributed by atoms with E-state index in [0.29, 0.717) is 5.69 Å². The Morgan fingerprint density at radius 2 is 1.88 bits per heavy atom. The first kappa shape index (κ1) is 18.1. The van der Waals surface area contributed by atoms with Gasteiger partial charge in [0.1, 0.15) is 4.90 Å². The number of sulfonamides is 1. The lowest BCUT2D eigenvalue weighted by molar-refractivity contribution is 0.0845. The van der Waals surface area contributed by atoms with Crippen molar-refractivity contribution in [2.75, 3.05) is 0 Å². The molecule has 1 aromatic heterocycles. The first-order valence-corrected chi connectivity index (χ1v) is 9.62. The molecule has 1 atom stereocenters. The van der Waals surface area contributed by atoms with Gasteiger partial charge in [0.15, 0.2) is 0 Å². The molecule has 8 heteroatoms. The molecule has 1 N–H and O–H groups in total. The van der Waals surface area contributed by atoms with Gasteiger partial charge in [-0.25, -0.2) is 12.7 Å². The number of carbonyl (C=O) groups is 2. The van der Waals surface area contributed by atoms with Crippen LogP contribution in [0.15, 0.2) is 47.5 Å². The Labute approximate surface area is 152 Å². The second-order valence-electron chi connectivity index (χ2n) is 6.36. The Hall–Kier alpha value is -2.74. The van der Waals surface area contributed by atoms with Crippen LogP contribution in [0.3, 0.4) is 0 Å². The van der Waals surface area contributed by atoms with Crippen LogP contribution < -0.4 is 5.32 Å². The molecule has 2 aromatic rings. The molecule has 136 valence electrons. The molecule has 1 aliphatic rings. The van der Waals surface area contributed by atoms with E-state index in [-0.39, 0.29) is 22.1 Å². The summed E-state index contributed by atoms with van der Waals surface area (Å²) in [7, 11) is -3.94. The summed E-state index contributed by atoms with van der Waals surface area (Å²) in [5.41, 5.74) is 0.956. The molecule has 3 rings (SSSR count). The largest absolute Gasteiger partial charge is 0.344 e. The van der Waals surface area contributed by atoms with E-state index in [4.69, 9.17) is 0 Å². The molecule has 1 aromatic carbocycles. The van der Waals surface area contributed by atoms with E-state index in [9.17, 15) is 18.0 Å². The third-order valence-corrected chi connectivity index (χ3v) is 6.16. The number of hydrogen-bond acceptors (Lipinski definition) is 5. The summed E-state index contributed by atoms with van der Waals surface area (Å²) in [5.74, 6) is -1.000. The van der Waals surface area contributed by atoms with Crippen molar-refractivity contribution in [3.05, 3.63) is 59.4 Å². The first-order valence-electron chi connectivity index (χ1n) is 8.18. The van der Waals surface area contributed by atoms with E-state index in [1.807, 2.05) is 6.07 Å². The molecule has 0 aliphatic carbocycles. The minimum Gasteiger partial charge on any atom is -0.344 e. The van der Waals surface area contributed by atoms with Gasteiger partial charge in [0.2, 0.25) is 0 Å². The molecule has 1 aliphatic heterocycles. The van der Waals surface area contributed by atoms with Crippen molar-refractivity contribution >= 4 is 21.8 Å². The van der Waals surface area contributed by atoms with Crippen LogP contribution in [-0.4, -0.2) is 35.6 Å². The van der Waals surface area contributed by atoms with Gasteiger partial charge in [-0.1, -0.05) is 6.07 Å². The molecular weight excluding hydrogens is 354 g/mol. The highest BCUT2D eigenvalue weighted by atomic mass is 32.2. The topological polar surface area (TPSA) is 96.4 Å². The number of nitrogens with zero attached hydrogens (tertiary/aromatic N) is 2. The van der Waals surface area contributed by atoms with Crippen molar-refractivity contribution in [3.63, 3.8) is 0 Å². The maximum atomic E-state index is 12.6. The molecule has 26 heavy (non-hydrogen) atoms. The summed E-state index contributed by atoms with van der Waals surface area (Å²) in [5, 5.41) is 2.78. The number of pyridine rings is 1. The van der Waals surface area contributed by atoms with Crippen LogP contribution in [0.5, 0.6) is 0 Å². The molecule has 0 saturated carbocycles. The maximum Gasteiger partial charge on any atom is 0.269 e. The number of nitrogens with one attached hydrogen (secondary N) is 1. The molecule has 1 unspecified atom stereocenters. The third kappa shape index (κ3) is 2.96. The fraction of sp³-hybridized carbons (Fsp3) is 0.278. The highest BCUT2D eigenvalue weighted by Gasteiger charge is 2.42. The van der Waals surface area contributed by atoms with Crippen LogP contribution in [-0.2, 0) is 10.0 Å². The van der Waals surface area contributed by atoms with Gasteiger partial charge >= 0.3 is 0 Å². The standard InChI is InChI=1S/C18H19N3O4S/c1-11(2)21-18(23)14-8-7-13(10-16(14)26(21,24)25)17(22)20-12(3)15-6-4-5-9-19-15/h4-12H,1-3H3,(H,20,22). The SMILES string of the molecule is CC(NC(=O)c1ccc2c(c1)S(=O)(=O)N(C(C)C)C2=O)c1ccccn1. The summed E-state index contributed by atoms with van der Waals surface area (Å²) >= 11 is 0. The van der Waals surface area contributed by atoms with Crippen LogP contribution >= 0.6 is 0 Å². The normalized spacial score (nSPS) is 16.5. The summed E-state index contributed by atoms with van der Waals surface area (Å²) in [6.07, 6.45) is 1.63. The van der Waals surface area contributed by atoms with E-state index in [0.717, 1.165) is 4.31 Å². The van der Waals surface area contributed by atoms with E-state index in [2.05, 4.69) is 10.3 Å². The van der Waals surface area contributed by atoms with Gasteiger partial charge in [0.05, 0.1) is 17.3 Å². The van der Waals surface area contributed by atoms with E-state index < -0.39 is 27.9 Å². The van der Waals surface area contributed by atoms with E-state index in [1.54, 1.807) is 39.1 Å². The van der Waals surface area contributed by atoms with Crippen molar-refractivity contribution in [1.82, 2.24) is 14.6 Å². The summed E-state index contributed by atoms with van der Waals surface area (Å²) < 4.78 is 26.1. The Bertz CT molecular complexity index is 971. The van der Waals surface area contributed by atoms with Gasteiger partial charge in [-0.05, 0) is 51.1 Å². The lowest BCUT2D eigenvalue weighted by Crippen LogP contribution is -2.36. The number of amides is 2. The smallest absolute Gasteiger partial charge is 0.269 e. The number of hydrogen-bond donors (Lipinski definition) is 1. The predicted molar refractivity (Wildman–Crippen MR) is 95.1 cm³/mol. The Morgan fingerprint density at radius 3 is 2.50 bits per heavy atom. The van der Waals surface area contributed by atoms with Crippen molar-refractivity contribution < 1.29 is 18.0 Å².